The zero-order valence-electron chi connectivity index (χ0n) is 33.0. The fraction of sp³-hybridized carbons (Fsp3) is 0.833. The zero-order valence-corrected chi connectivity index (χ0v) is 33.0. The average molecular weight is 756 g/mol. The fourth-order valence-electron chi connectivity index (χ4n) is 6.34. The number of hydrogen-bond acceptors (Lipinski definition) is 10. The lowest BCUT2D eigenvalue weighted by atomic mass is 9.99. The third-order valence-electron chi connectivity index (χ3n) is 9.90. The van der Waals surface area contributed by atoms with Crippen molar-refractivity contribution in [3.63, 3.8) is 0 Å². The Morgan fingerprint density at radius 1 is 0.642 bits per heavy atom. The monoisotopic (exact) mass is 756 g/mol. The molecule has 1 aliphatic rings. The van der Waals surface area contributed by atoms with Gasteiger partial charge in [0.1, 0.15) is 36.6 Å². The lowest BCUT2D eigenvalue weighted by Crippen LogP contribution is -2.60. The number of aliphatic hydroxyl groups excluding tert-OH is 7. The number of carbonyl (C=O) groups is 1. The van der Waals surface area contributed by atoms with Crippen molar-refractivity contribution in [3.05, 3.63) is 36.5 Å². The molecule has 1 fully saturated rings. The second kappa shape index (κ2) is 32.6. The van der Waals surface area contributed by atoms with Crippen LogP contribution in [0.3, 0.4) is 0 Å². The summed E-state index contributed by atoms with van der Waals surface area (Å²) in [6, 6.07) is -1.20. The van der Waals surface area contributed by atoms with Crippen molar-refractivity contribution in [2.24, 2.45) is 0 Å². The smallest absolute Gasteiger partial charge is 0.249 e. The number of unbranched alkanes of at least 4 members (excludes halogenated alkanes) is 15. The van der Waals surface area contributed by atoms with Gasteiger partial charge in [0, 0.05) is 0 Å². The summed E-state index contributed by atoms with van der Waals surface area (Å²) in [5.41, 5.74) is 0. The summed E-state index contributed by atoms with van der Waals surface area (Å²) in [4.78, 5) is 12.9. The number of amides is 1. The summed E-state index contributed by atoms with van der Waals surface area (Å²) in [6.07, 6.45) is 23.8. The van der Waals surface area contributed by atoms with Crippen LogP contribution in [0.25, 0.3) is 0 Å². The number of nitrogens with one attached hydrogen (secondary N) is 1. The molecule has 0 aromatic rings. The van der Waals surface area contributed by atoms with Gasteiger partial charge in [0.15, 0.2) is 6.29 Å². The SMILES string of the molecule is CCCCCC/C=C\CCC(O)C(=O)NC(COC1OC(CO)C(O)C(O)C1O)C(O)C(O)CCC/C=C/CC/C=C/CCCCCCCCCCC. The summed E-state index contributed by atoms with van der Waals surface area (Å²) in [6.45, 7) is 3.31. The summed E-state index contributed by atoms with van der Waals surface area (Å²) >= 11 is 0. The van der Waals surface area contributed by atoms with E-state index in [2.05, 4.69) is 43.5 Å². The van der Waals surface area contributed by atoms with E-state index in [4.69, 9.17) is 9.47 Å². The Bertz CT molecular complexity index is 960. The van der Waals surface area contributed by atoms with Crippen LogP contribution < -0.4 is 5.32 Å². The van der Waals surface area contributed by atoms with Crippen LogP contribution in [-0.2, 0) is 14.3 Å². The van der Waals surface area contributed by atoms with E-state index in [-0.39, 0.29) is 12.8 Å². The quantitative estimate of drug-likeness (QED) is 0.0307. The Morgan fingerprint density at radius 3 is 1.70 bits per heavy atom. The average Bonchev–Trinajstić information content (AvgIpc) is 3.16. The number of carbonyl (C=O) groups excluding carboxylic acids is 1. The van der Waals surface area contributed by atoms with Gasteiger partial charge in [-0.05, 0) is 70.6 Å². The predicted octanol–water partition coefficient (Wildman–Crippen LogP) is 5.66. The number of aliphatic hydroxyl groups is 7. The number of allylic oxidation sites excluding steroid dienone is 6. The molecule has 310 valence electrons. The van der Waals surface area contributed by atoms with Crippen LogP contribution in [0.5, 0.6) is 0 Å². The third kappa shape index (κ3) is 23.1. The highest BCUT2D eigenvalue weighted by molar-refractivity contribution is 5.80. The standard InChI is InChI=1S/C42H77NO10/c1-3-5-7-9-11-13-14-15-16-17-18-19-20-21-22-24-25-27-29-34(45)37(47)33(32-52-42-40(50)39(49)38(48)36(31-44)53-42)43-41(51)35(46)30-28-26-23-12-10-8-6-4-2/h18-19,22-24,26,33-40,42,44-50H,3-17,20-21,25,27-32H2,1-2H3,(H,43,51)/b19-18+,24-22+,26-23-. The molecule has 0 saturated carbocycles. The molecule has 0 bridgehead atoms. The lowest BCUT2D eigenvalue weighted by Gasteiger charge is -2.40. The summed E-state index contributed by atoms with van der Waals surface area (Å²) in [5, 5.41) is 75.1. The van der Waals surface area contributed by atoms with Gasteiger partial charge in [0.25, 0.3) is 0 Å². The normalized spacial score (nSPS) is 23.2. The summed E-state index contributed by atoms with van der Waals surface area (Å²) in [7, 11) is 0. The maximum Gasteiger partial charge on any atom is 0.249 e. The molecule has 0 radical (unpaired) electrons. The zero-order chi connectivity index (χ0) is 39.1. The second-order valence-corrected chi connectivity index (χ2v) is 14.7. The van der Waals surface area contributed by atoms with E-state index >= 15 is 0 Å². The van der Waals surface area contributed by atoms with Gasteiger partial charge in [-0.25, -0.2) is 0 Å². The van der Waals surface area contributed by atoms with Crippen LogP contribution in [0.4, 0.5) is 0 Å². The van der Waals surface area contributed by atoms with Crippen molar-refractivity contribution in [2.75, 3.05) is 13.2 Å². The van der Waals surface area contributed by atoms with Crippen molar-refractivity contribution >= 4 is 5.91 Å². The van der Waals surface area contributed by atoms with Gasteiger partial charge in [0.05, 0.1) is 25.4 Å². The number of rotatable bonds is 33. The predicted molar refractivity (Wildman–Crippen MR) is 210 cm³/mol. The molecule has 8 N–H and O–H groups in total. The Morgan fingerprint density at radius 2 is 1.13 bits per heavy atom. The molecular formula is C42H77NO10. The molecule has 0 aromatic heterocycles. The molecule has 1 saturated heterocycles. The molecule has 0 aliphatic carbocycles. The molecule has 9 atom stereocenters. The molecule has 1 aliphatic heterocycles. The third-order valence-corrected chi connectivity index (χ3v) is 9.90. The minimum atomic E-state index is -1.67. The van der Waals surface area contributed by atoms with Crippen LogP contribution in [0.1, 0.15) is 155 Å². The number of hydrogen-bond donors (Lipinski definition) is 8. The van der Waals surface area contributed by atoms with Gasteiger partial charge in [-0.2, -0.15) is 0 Å². The molecule has 11 heteroatoms. The summed E-state index contributed by atoms with van der Waals surface area (Å²) < 4.78 is 11.0. The largest absolute Gasteiger partial charge is 0.394 e. The lowest BCUT2D eigenvalue weighted by molar-refractivity contribution is -0.303. The van der Waals surface area contributed by atoms with E-state index in [1.54, 1.807) is 0 Å². The van der Waals surface area contributed by atoms with Crippen LogP contribution in [0.15, 0.2) is 36.5 Å². The summed E-state index contributed by atoms with van der Waals surface area (Å²) in [5.74, 6) is -0.750. The van der Waals surface area contributed by atoms with E-state index in [1.165, 1.54) is 77.0 Å². The first-order valence-corrected chi connectivity index (χ1v) is 20.9. The Balaban J connectivity index is 2.53. The molecule has 53 heavy (non-hydrogen) atoms. The second-order valence-electron chi connectivity index (χ2n) is 14.7. The first-order chi connectivity index (χ1) is 25.7. The highest BCUT2D eigenvalue weighted by Crippen LogP contribution is 2.23. The molecule has 0 aromatic carbocycles. The minimum Gasteiger partial charge on any atom is -0.394 e. The molecule has 1 heterocycles. The van der Waals surface area contributed by atoms with E-state index in [0.717, 1.165) is 32.1 Å². The van der Waals surface area contributed by atoms with Crippen LogP contribution in [0.2, 0.25) is 0 Å². The molecule has 1 amide bonds. The van der Waals surface area contributed by atoms with Gasteiger partial charge in [0.2, 0.25) is 5.91 Å². The van der Waals surface area contributed by atoms with Crippen molar-refractivity contribution < 1.29 is 50.0 Å². The Labute approximate surface area is 320 Å². The molecule has 0 spiro atoms. The first-order valence-electron chi connectivity index (χ1n) is 20.9. The van der Waals surface area contributed by atoms with Gasteiger partial charge in [-0.1, -0.05) is 121 Å². The number of ether oxygens (including phenoxy) is 2. The first kappa shape index (κ1) is 49.3. The maximum atomic E-state index is 12.9. The molecule has 1 rings (SSSR count). The highest BCUT2D eigenvalue weighted by Gasteiger charge is 2.44. The van der Waals surface area contributed by atoms with Crippen LogP contribution in [0, 0.1) is 0 Å². The van der Waals surface area contributed by atoms with Crippen molar-refractivity contribution in [2.45, 2.75) is 210 Å². The highest BCUT2D eigenvalue weighted by atomic mass is 16.7. The van der Waals surface area contributed by atoms with Gasteiger partial charge >= 0.3 is 0 Å². The Kier molecular flexibility index (Phi) is 30.3. The van der Waals surface area contributed by atoms with Gasteiger partial charge in [-0.15, -0.1) is 0 Å². The van der Waals surface area contributed by atoms with Gasteiger partial charge in [-0.3, -0.25) is 4.79 Å². The van der Waals surface area contributed by atoms with Crippen molar-refractivity contribution in [3.8, 4) is 0 Å². The van der Waals surface area contributed by atoms with Crippen molar-refractivity contribution in [1.82, 2.24) is 5.32 Å². The van der Waals surface area contributed by atoms with Crippen LogP contribution in [-0.4, -0.2) is 110 Å². The fourth-order valence-corrected chi connectivity index (χ4v) is 6.34. The van der Waals surface area contributed by atoms with Gasteiger partial charge < -0.3 is 50.5 Å². The minimum absolute atomic E-state index is 0.164. The molecule has 11 nitrogen and oxygen atoms in total. The van der Waals surface area contributed by atoms with Crippen molar-refractivity contribution in [1.29, 1.82) is 0 Å². The maximum absolute atomic E-state index is 12.9. The van der Waals surface area contributed by atoms with E-state index < -0.39 is 74.2 Å². The molecule has 9 unspecified atom stereocenters. The van der Waals surface area contributed by atoms with E-state index in [0.29, 0.717) is 19.3 Å². The van der Waals surface area contributed by atoms with E-state index in [9.17, 15) is 40.5 Å². The molecular weight excluding hydrogens is 678 g/mol. The van der Waals surface area contributed by atoms with E-state index in [1.807, 2.05) is 12.2 Å². The topological polar surface area (TPSA) is 189 Å². The van der Waals surface area contributed by atoms with Crippen LogP contribution >= 0.6 is 0 Å². The Hall–Kier alpha value is -1.67.